The van der Waals surface area contributed by atoms with Gasteiger partial charge in [0.2, 0.25) is 5.91 Å². The van der Waals surface area contributed by atoms with Gasteiger partial charge >= 0.3 is 5.97 Å². The van der Waals surface area contributed by atoms with E-state index in [1.165, 1.54) is 36.5 Å². The largest absolute Gasteiger partial charge is 0.461 e. The number of amides is 1. The summed E-state index contributed by atoms with van der Waals surface area (Å²) in [5.74, 6) is -1.14. The zero-order chi connectivity index (χ0) is 21.7. The van der Waals surface area contributed by atoms with E-state index in [9.17, 15) is 18.0 Å². The maximum absolute atomic E-state index is 13.3. The SMILES string of the molecule is CCOC(=O)c1cccn1S(=O)(=O)c1cc(Cl)ccc1NC(=O)CN1CCOCC1. The van der Waals surface area contributed by atoms with Crippen LogP contribution >= 0.6 is 11.6 Å². The predicted molar refractivity (Wildman–Crippen MR) is 110 cm³/mol. The molecule has 1 amide bonds. The first-order valence-electron chi connectivity index (χ1n) is 9.32. The lowest BCUT2D eigenvalue weighted by atomic mass is 10.3. The molecule has 1 aromatic carbocycles. The van der Waals surface area contributed by atoms with Crippen molar-refractivity contribution in [1.82, 2.24) is 8.87 Å². The molecule has 0 spiro atoms. The fourth-order valence-electron chi connectivity index (χ4n) is 3.01. The molecular weight excluding hydrogens is 434 g/mol. The van der Waals surface area contributed by atoms with Gasteiger partial charge in [-0.3, -0.25) is 9.69 Å². The monoisotopic (exact) mass is 455 g/mol. The highest BCUT2D eigenvalue weighted by atomic mass is 35.5. The fourth-order valence-corrected chi connectivity index (χ4v) is 4.76. The standard InChI is InChI=1S/C19H22ClN3O6S/c1-2-29-19(25)16-4-3-7-23(16)30(26,27)17-12-14(20)5-6-15(17)21-18(24)13-22-8-10-28-11-9-22/h3-7,12H,2,8-11,13H2,1H3,(H,21,24). The van der Waals surface area contributed by atoms with Gasteiger partial charge in [-0.1, -0.05) is 11.6 Å². The van der Waals surface area contributed by atoms with Gasteiger partial charge in [0.05, 0.1) is 32.1 Å². The van der Waals surface area contributed by atoms with Gasteiger partial charge in [0.15, 0.2) is 0 Å². The number of hydrogen-bond acceptors (Lipinski definition) is 7. The topological polar surface area (TPSA) is 107 Å². The Morgan fingerprint density at radius 2 is 1.97 bits per heavy atom. The lowest BCUT2D eigenvalue weighted by molar-refractivity contribution is -0.118. The molecule has 1 aliphatic heterocycles. The smallest absolute Gasteiger partial charge is 0.355 e. The number of aromatic nitrogens is 1. The van der Waals surface area contributed by atoms with Crippen molar-refractivity contribution in [3.8, 4) is 0 Å². The number of rotatable bonds is 7. The summed E-state index contributed by atoms with van der Waals surface area (Å²) in [5.41, 5.74) is -0.0800. The summed E-state index contributed by atoms with van der Waals surface area (Å²) < 4.78 is 37.6. The van der Waals surface area contributed by atoms with Crippen LogP contribution < -0.4 is 5.32 Å². The molecular formula is C19H22ClN3O6S. The Hall–Kier alpha value is -2.40. The summed E-state index contributed by atoms with van der Waals surface area (Å²) in [6.45, 7) is 4.14. The zero-order valence-electron chi connectivity index (χ0n) is 16.3. The summed E-state index contributed by atoms with van der Waals surface area (Å²) in [4.78, 5) is 26.3. The number of nitrogens with one attached hydrogen (secondary N) is 1. The summed E-state index contributed by atoms with van der Waals surface area (Å²) in [7, 11) is -4.24. The molecule has 1 aromatic heterocycles. The number of carbonyl (C=O) groups excluding carboxylic acids is 2. The molecule has 3 rings (SSSR count). The number of halogens is 1. The van der Waals surface area contributed by atoms with E-state index < -0.39 is 16.0 Å². The van der Waals surface area contributed by atoms with E-state index in [1.54, 1.807) is 6.92 Å². The van der Waals surface area contributed by atoms with Crippen molar-refractivity contribution < 1.29 is 27.5 Å². The summed E-state index contributed by atoms with van der Waals surface area (Å²) in [6, 6.07) is 6.89. The first kappa shape index (κ1) is 22.3. The van der Waals surface area contributed by atoms with Crippen LogP contribution in [0.2, 0.25) is 5.02 Å². The van der Waals surface area contributed by atoms with Crippen molar-refractivity contribution in [2.75, 3.05) is 44.8 Å². The highest BCUT2D eigenvalue weighted by Gasteiger charge is 2.27. The molecule has 0 radical (unpaired) electrons. The zero-order valence-corrected chi connectivity index (χ0v) is 17.9. The molecule has 2 aromatic rings. The molecule has 1 N–H and O–H groups in total. The van der Waals surface area contributed by atoms with Crippen molar-refractivity contribution in [2.24, 2.45) is 0 Å². The second-order valence-corrected chi connectivity index (χ2v) is 8.71. The van der Waals surface area contributed by atoms with Crippen LogP contribution in [0.4, 0.5) is 5.69 Å². The van der Waals surface area contributed by atoms with Gasteiger partial charge in [0.1, 0.15) is 10.6 Å². The van der Waals surface area contributed by atoms with E-state index in [-0.39, 0.29) is 40.4 Å². The van der Waals surface area contributed by atoms with Gasteiger partial charge < -0.3 is 14.8 Å². The minimum absolute atomic E-state index is 0.0705. The number of anilines is 1. The minimum Gasteiger partial charge on any atom is -0.461 e. The molecule has 1 saturated heterocycles. The Morgan fingerprint density at radius 1 is 1.23 bits per heavy atom. The van der Waals surface area contributed by atoms with Gasteiger partial charge in [-0.15, -0.1) is 0 Å². The van der Waals surface area contributed by atoms with E-state index in [2.05, 4.69) is 5.32 Å². The maximum Gasteiger partial charge on any atom is 0.355 e. The van der Waals surface area contributed by atoms with Crippen molar-refractivity contribution in [3.05, 3.63) is 47.2 Å². The second-order valence-electron chi connectivity index (χ2n) is 6.49. The van der Waals surface area contributed by atoms with Gasteiger partial charge in [-0.25, -0.2) is 17.2 Å². The Labute approximate surface area is 179 Å². The van der Waals surface area contributed by atoms with Crippen LogP contribution in [0.15, 0.2) is 41.4 Å². The van der Waals surface area contributed by atoms with Crippen LogP contribution in [0.25, 0.3) is 0 Å². The van der Waals surface area contributed by atoms with Crippen LogP contribution in [0, 0.1) is 0 Å². The van der Waals surface area contributed by atoms with E-state index in [0.29, 0.717) is 26.3 Å². The molecule has 0 saturated carbocycles. The van der Waals surface area contributed by atoms with Crippen LogP contribution in [0.5, 0.6) is 0 Å². The number of carbonyl (C=O) groups is 2. The summed E-state index contributed by atoms with van der Waals surface area (Å²) in [5, 5.41) is 2.81. The fraction of sp³-hybridized carbons (Fsp3) is 0.368. The summed E-state index contributed by atoms with van der Waals surface area (Å²) >= 11 is 6.03. The van der Waals surface area contributed by atoms with Gasteiger partial charge in [-0.05, 0) is 37.3 Å². The number of benzene rings is 1. The average molecular weight is 456 g/mol. The first-order chi connectivity index (χ1) is 14.3. The third-order valence-corrected chi connectivity index (χ3v) is 6.39. The number of nitrogens with zero attached hydrogens (tertiary/aromatic N) is 2. The van der Waals surface area contributed by atoms with E-state index in [1.807, 2.05) is 4.90 Å². The van der Waals surface area contributed by atoms with Crippen LogP contribution in [0.3, 0.4) is 0 Å². The molecule has 11 heteroatoms. The van der Waals surface area contributed by atoms with E-state index in [0.717, 1.165) is 3.97 Å². The number of esters is 1. The third-order valence-electron chi connectivity index (χ3n) is 4.42. The Morgan fingerprint density at radius 3 is 2.67 bits per heavy atom. The first-order valence-corrected chi connectivity index (χ1v) is 11.1. The molecule has 0 unspecified atom stereocenters. The van der Waals surface area contributed by atoms with Gasteiger partial charge in [0.25, 0.3) is 10.0 Å². The average Bonchev–Trinajstić information content (AvgIpc) is 3.21. The van der Waals surface area contributed by atoms with E-state index in [4.69, 9.17) is 21.1 Å². The lowest BCUT2D eigenvalue weighted by Gasteiger charge is -2.26. The van der Waals surface area contributed by atoms with Crippen molar-refractivity contribution in [1.29, 1.82) is 0 Å². The molecule has 2 heterocycles. The van der Waals surface area contributed by atoms with Crippen LogP contribution in [-0.2, 0) is 24.3 Å². The number of hydrogen-bond donors (Lipinski definition) is 1. The van der Waals surface area contributed by atoms with Crippen LogP contribution in [0.1, 0.15) is 17.4 Å². The predicted octanol–water partition coefficient (Wildman–Crippen LogP) is 1.83. The third kappa shape index (κ3) is 5.01. The van der Waals surface area contributed by atoms with E-state index >= 15 is 0 Å². The Kier molecular flexibility index (Phi) is 7.14. The molecule has 1 aliphatic rings. The molecule has 30 heavy (non-hydrogen) atoms. The number of morpholine rings is 1. The molecule has 162 valence electrons. The Balaban J connectivity index is 1.90. The maximum atomic E-state index is 13.3. The quantitative estimate of drug-likeness (QED) is 0.634. The molecule has 9 nitrogen and oxygen atoms in total. The second kappa shape index (κ2) is 9.61. The molecule has 1 fully saturated rings. The minimum atomic E-state index is -4.24. The van der Waals surface area contributed by atoms with Gasteiger partial charge in [0, 0.05) is 24.3 Å². The molecule has 0 atom stereocenters. The Bertz CT molecular complexity index is 1030. The lowest BCUT2D eigenvalue weighted by Crippen LogP contribution is -2.41. The van der Waals surface area contributed by atoms with Crippen molar-refractivity contribution >= 4 is 39.2 Å². The van der Waals surface area contributed by atoms with Crippen molar-refractivity contribution in [2.45, 2.75) is 11.8 Å². The van der Waals surface area contributed by atoms with Crippen LogP contribution in [-0.4, -0.2) is 68.6 Å². The van der Waals surface area contributed by atoms with Gasteiger partial charge in [-0.2, -0.15) is 0 Å². The summed E-state index contributed by atoms with van der Waals surface area (Å²) in [6.07, 6.45) is 1.24. The molecule has 0 aliphatic carbocycles. The normalized spacial score (nSPS) is 15.0. The van der Waals surface area contributed by atoms with Crippen molar-refractivity contribution in [3.63, 3.8) is 0 Å². The molecule has 0 bridgehead atoms. The highest BCUT2D eigenvalue weighted by Crippen LogP contribution is 2.28. The highest BCUT2D eigenvalue weighted by molar-refractivity contribution is 7.90. The number of ether oxygens (including phenoxy) is 2.